The first-order chi connectivity index (χ1) is 18.8. The summed E-state index contributed by atoms with van der Waals surface area (Å²) in [4.78, 5) is 51.3. The van der Waals surface area contributed by atoms with E-state index < -0.39 is 61.1 Å². The van der Waals surface area contributed by atoms with Crippen LogP contribution in [0.5, 0.6) is 0 Å². The lowest BCUT2D eigenvalue weighted by atomic mass is 9.98. The van der Waals surface area contributed by atoms with Gasteiger partial charge in [-0.05, 0) is 56.9 Å². The molecule has 3 rings (SSSR count). The second-order valence-corrected chi connectivity index (χ2v) is 10.7. The maximum absolute atomic E-state index is 13.4. The number of esters is 2. The minimum Gasteiger partial charge on any atom is -0.461 e. The van der Waals surface area contributed by atoms with Gasteiger partial charge in [-0.2, -0.15) is 0 Å². The molecule has 0 aromatic heterocycles. The number of nitrogens with two attached hydrogens (primary N) is 2. The van der Waals surface area contributed by atoms with Crippen molar-refractivity contribution in [1.29, 1.82) is 0 Å². The normalized spacial score (nSPS) is 14.7. The molecule has 0 bridgehead atoms. The summed E-state index contributed by atoms with van der Waals surface area (Å²) in [5, 5.41) is 0. The predicted octanol–water partition coefficient (Wildman–Crippen LogP) is 3.32. The predicted molar refractivity (Wildman–Crippen MR) is 146 cm³/mol. The molecule has 2 aromatic carbocycles. The van der Waals surface area contributed by atoms with E-state index in [0.717, 1.165) is 22.3 Å². The van der Waals surface area contributed by atoms with E-state index in [4.69, 9.17) is 30.4 Å². The van der Waals surface area contributed by atoms with E-state index in [-0.39, 0.29) is 12.5 Å². The summed E-state index contributed by atoms with van der Waals surface area (Å²) in [6, 6.07) is 13.7. The molecule has 0 aliphatic heterocycles. The minimum atomic E-state index is -1.26. The maximum Gasteiger partial charge on any atom is 0.419 e. The number of benzene rings is 2. The number of rotatable bonds is 9. The van der Waals surface area contributed by atoms with Gasteiger partial charge in [0.05, 0.1) is 6.54 Å². The van der Waals surface area contributed by atoms with Crippen LogP contribution >= 0.6 is 0 Å². The molecular weight excluding hydrogens is 518 g/mol. The molecule has 11 heteroatoms. The Bertz CT molecular complexity index is 1190. The number of hydrogen-bond donors (Lipinski definition) is 2. The van der Waals surface area contributed by atoms with E-state index in [9.17, 15) is 19.2 Å². The summed E-state index contributed by atoms with van der Waals surface area (Å²) < 4.78 is 21.5. The van der Waals surface area contributed by atoms with Crippen molar-refractivity contribution in [2.24, 2.45) is 11.5 Å². The molecule has 0 spiro atoms. The number of fused-ring (bicyclic) bond motifs is 3. The van der Waals surface area contributed by atoms with Crippen LogP contribution in [0, 0.1) is 0 Å². The molecule has 216 valence electrons. The Morgan fingerprint density at radius 3 is 1.85 bits per heavy atom. The van der Waals surface area contributed by atoms with Gasteiger partial charge in [-0.1, -0.05) is 48.5 Å². The van der Waals surface area contributed by atoms with Crippen molar-refractivity contribution in [3.63, 3.8) is 0 Å². The summed E-state index contributed by atoms with van der Waals surface area (Å²) in [5.41, 5.74) is 14.3. The zero-order valence-corrected chi connectivity index (χ0v) is 23.4. The fourth-order valence-corrected chi connectivity index (χ4v) is 4.12. The van der Waals surface area contributed by atoms with Crippen LogP contribution in [0.1, 0.15) is 51.7 Å². The van der Waals surface area contributed by atoms with E-state index in [1.807, 2.05) is 48.5 Å². The highest BCUT2D eigenvalue weighted by Gasteiger charge is 2.35. The van der Waals surface area contributed by atoms with E-state index in [2.05, 4.69) is 0 Å². The molecule has 4 N–H and O–H groups in total. The molecule has 2 amide bonds. The molecule has 0 saturated carbocycles. The van der Waals surface area contributed by atoms with Crippen LogP contribution < -0.4 is 11.5 Å². The Balaban J connectivity index is 1.83. The molecule has 1 aliphatic rings. The summed E-state index contributed by atoms with van der Waals surface area (Å²) in [5.74, 6) is -1.83. The first-order valence-corrected chi connectivity index (χ1v) is 13.0. The zero-order valence-electron chi connectivity index (χ0n) is 23.4. The number of carbonyl (C=O) groups excluding carboxylic acids is 4. The third-order valence-electron chi connectivity index (χ3n) is 5.99. The Hall–Kier alpha value is -3.96. The summed E-state index contributed by atoms with van der Waals surface area (Å²) >= 11 is 0. The number of hydrogen-bond acceptors (Lipinski definition) is 10. The molecule has 0 radical (unpaired) electrons. The van der Waals surface area contributed by atoms with Crippen molar-refractivity contribution in [3.8, 4) is 11.1 Å². The highest BCUT2D eigenvalue weighted by Crippen LogP contribution is 2.44. The Morgan fingerprint density at radius 1 is 0.825 bits per heavy atom. The molecule has 1 aliphatic carbocycles. The topological polar surface area (TPSA) is 160 Å². The Kier molecular flexibility index (Phi) is 9.88. The molecule has 11 nitrogen and oxygen atoms in total. The summed E-state index contributed by atoms with van der Waals surface area (Å²) in [6.45, 7) is 6.69. The molecule has 2 aromatic rings. The van der Waals surface area contributed by atoms with Crippen LogP contribution in [0.3, 0.4) is 0 Å². The quantitative estimate of drug-likeness (QED) is 0.347. The second-order valence-electron chi connectivity index (χ2n) is 10.7. The van der Waals surface area contributed by atoms with E-state index >= 15 is 0 Å². The molecule has 3 atom stereocenters. The van der Waals surface area contributed by atoms with Crippen molar-refractivity contribution in [3.05, 3.63) is 59.7 Å². The lowest BCUT2D eigenvalue weighted by molar-refractivity contribution is -0.161. The van der Waals surface area contributed by atoms with Crippen molar-refractivity contribution in [2.75, 3.05) is 19.8 Å². The van der Waals surface area contributed by atoms with E-state index in [1.165, 1.54) is 13.8 Å². The number of amides is 2. The van der Waals surface area contributed by atoms with Gasteiger partial charge in [0.2, 0.25) is 0 Å². The molecular formula is C29H37N3O8. The third kappa shape index (κ3) is 7.80. The molecule has 0 fully saturated rings. The lowest BCUT2D eigenvalue weighted by Gasteiger charge is -2.29. The fraction of sp³-hybridized carbons (Fsp3) is 0.448. The number of nitrogens with zero attached hydrogens (tertiary/aromatic N) is 1. The van der Waals surface area contributed by atoms with Gasteiger partial charge in [-0.25, -0.2) is 14.5 Å². The number of carbonyl (C=O) groups is 4. The highest BCUT2D eigenvalue weighted by atomic mass is 16.6. The minimum absolute atomic E-state index is 0.0594. The standard InChI is InChI=1S/C29H37N3O8/c1-17(30)25(33)37-15-19(39-26(34)18(2)31)14-32(28(36)40-29(3,4)5)27(35)38-16-24-22-12-8-6-10-20(22)21-11-7-9-13-23(21)24/h6-13,17-19,24H,14-16,30-31H2,1-5H3/t17-,18-,19?/m1/s1. The number of ether oxygens (including phenoxy) is 4. The SMILES string of the molecule is C[C@@H](N)C(=O)OCC(CN(C(=O)OCC1c2ccccc2-c2ccccc21)C(=O)OC(C)(C)C)OC(=O)[C@@H](C)N. The first-order valence-electron chi connectivity index (χ1n) is 13.0. The van der Waals surface area contributed by atoms with Crippen molar-refractivity contribution >= 4 is 24.1 Å². The van der Waals surface area contributed by atoms with Crippen LogP contribution in [-0.4, -0.2) is 72.6 Å². The van der Waals surface area contributed by atoms with Gasteiger partial charge in [0.15, 0.2) is 6.10 Å². The zero-order chi connectivity index (χ0) is 29.6. The fourth-order valence-electron chi connectivity index (χ4n) is 4.12. The van der Waals surface area contributed by atoms with E-state index in [0.29, 0.717) is 4.90 Å². The van der Waals surface area contributed by atoms with Crippen LogP contribution in [0.2, 0.25) is 0 Å². The van der Waals surface area contributed by atoms with Gasteiger partial charge in [-0.3, -0.25) is 9.59 Å². The van der Waals surface area contributed by atoms with E-state index in [1.54, 1.807) is 20.8 Å². The van der Waals surface area contributed by atoms with Crippen molar-refractivity contribution in [1.82, 2.24) is 4.90 Å². The van der Waals surface area contributed by atoms with Crippen LogP contribution in [-0.2, 0) is 28.5 Å². The van der Waals surface area contributed by atoms with Crippen molar-refractivity contribution in [2.45, 2.75) is 64.3 Å². The van der Waals surface area contributed by atoms with Crippen LogP contribution in [0.25, 0.3) is 11.1 Å². The smallest absolute Gasteiger partial charge is 0.419 e. The third-order valence-corrected chi connectivity index (χ3v) is 5.99. The average Bonchev–Trinajstić information content (AvgIpc) is 3.20. The molecule has 0 saturated heterocycles. The largest absolute Gasteiger partial charge is 0.461 e. The number of imide groups is 1. The van der Waals surface area contributed by atoms with Gasteiger partial charge in [-0.15, -0.1) is 0 Å². The summed E-state index contributed by atoms with van der Waals surface area (Å²) in [6.07, 6.45) is -3.30. The van der Waals surface area contributed by atoms with Crippen LogP contribution in [0.15, 0.2) is 48.5 Å². The van der Waals surface area contributed by atoms with Crippen LogP contribution in [0.4, 0.5) is 9.59 Å². The van der Waals surface area contributed by atoms with Gasteiger partial charge < -0.3 is 30.4 Å². The Morgan fingerprint density at radius 2 is 1.35 bits per heavy atom. The lowest BCUT2D eigenvalue weighted by Crippen LogP contribution is -2.48. The highest BCUT2D eigenvalue weighted by molar-refractivity contribution is 5.88. The molecule has 0 heterocycles. The van der Waals surface area contributed by atoms with Gasteiger partial charge in [0.1, 0.15) is 30.9 Å². The second kappa shape index (κ2) is 12.9. The first kappa shape index (κ1) is 30.6. The van der Waals surface area contributed by atoms with Gasteiger partial charge in [0.25, 0.3) is 0 Å². The molecule has 40 heavy (non-hydrogen) atoms. The summed E-state index contributed by atoms with van der Waals surface area (Å²) in [7, 11) is 0. The average molecular weight is 556 g/mol. The van der Waals surface area contributed by atoms with Gasteiger partial charge >= 0.3 is 24.1 Å². The maximum atomic E-state index is 13.4. The van der Waals surface area contributed by atoms with Gasteiger partial charge in [0, 0.05) is 5.92 Å². The monoisotopic (exact) mass is 555 g/mol. The molecule has 1 unspecified atom stereocenters. The Labute approximate surface area is 233 Å². The van der Waals surface area contributed by atoms with Crippen molar-refractivity contribution < 1.29 is 38.1 Å².